The standard InChI is InChI=1S/C52H47NO/c1-31-27-35-30-43-42(31)28-33-26-32(2)50(44(43)29-33)52(35)45-18-8-6-15-41(45)49-38(16-10-19-46(49)52)34-22-24-37(25-23-34)53(36-12-4-3-5-13-36)47-20-11-17-40-39-14-7-9-21-48(39)54-51(40)47/h3-25,31-33,35,42-44,50H,26-30H2,1-2H3. The third-order valence-electron chi connectivity index (χ3n) is 15.4. The zero-order chi connectivity index (χ0) is 35.7. The van der Waals surface area contributed by atoms with Crippen molar-refractivity contribution in [1.82, 2.24) is 0 Å². The van der Waals surface area contributed by atoms with Gasteiger partial charge in [0.15, 0.2) is 5.58 Å². The van der Waals surface area contributed by atoms with Crippen LogP contribution >= 0.6 is 0 Å². The van der Waals surface area contributed by atoms with Crippen molar-refractivity contribution < 1.29 is 4.42 Å². The van der Waals surface area contributed by atoms with Gasteiger partial charge in [-0.1, -0.05) is 117 Å². The highest BCUT2D eigenvalue weighted by Crippen LogP contribution is 2.73. The minimum atomic E-state index is 0.110. The summed E-state index contributed by atoms with van der Waals surface area (Å²) in [5.74, 6) is 6.71. The zero-order valence-corrected chi connectivity index (χ0v) is 31.3. The van der Waals surface area contributed by atoms with Crippen molar-refractivity contribution >= 4 is 39.0 Å². The molecule has 12 rings (SSSR count). The van der Waals surface area contributed by atoms with Gasteiger partial charge in [-0.3, -0.25) is 0 Å². The van der Waals surface area contributed by atoms with Gasteiger partial charge in [0.05, 0.1) is 5.69 Å². The Morgan fingerprint density at radius 1 is 0.537 bits per heavy atom. The fraction of sp³-hybridized carbons (Fsp3) is 0.308. The lowest BCUT2D eigenvalue weighted by Gasteiger charge is -2.67. The van der Waals surface area contributed by atoms with E-state index in [-0.39, 0.29) is 5.41 Å². The van der Waals surface area contributed by atoms with Crippen LogP contribution in [0.15, 0.2) is 144 Å². The van der Waals surface area contributed by atoms with E-state index in [1.165, 1.54) is 54.4 Å². The first-order chi connectivity index (χ1) is 26.6. The van der Waals surface area contributed by atoms with Gasteiger partial charge in [0.1, 0.15) is 5.58 Å². The van der Waals surface area contributed by atoms with Gasteiger partial charge in [-0.05, 0) is 149 Å². The van der Waals surface area contributed by atoms with E-state index in [0.717, 1.165) is 80.4 Å². The van der Waals surface area contributed by atoms with Crippen molar-refractivity contribution in [3.05, 3.63) is 151 Å². The summed E-state index contributed by atoms with van der Waals surface area (Å²) < 4.78 is 6.59. The van der Waals surface area contributed by atoms with Crippen molar-refractivity contribution in [3.63, 3.8) is 0 Å². The molecule has 9 atom stereocenters. The Kier molecular flexibility index (Phi) is 6.64. The molecular weight excluding hydrogens is 655 g/mol. The van der Waals surface area contributed by atoms with E-state index in [4.69, 9.17) is 4.42 Å². The number of furan rings is 1. The first kappa shape index (κ1) is 31.3. The first-order valence-electron chi connectivity index (χ1n) is 20.7. The van der Waals surface area contributed by atoms with Crippen LogP contribution in [0.5, 0.6) is 0 Å². The van der Waals surface area contributed by atoms with Gasteiger partial charge in [-0.2, -0.15) is 0 Å². The molecule has 2 nitrogen and oxygen atoms in total. The molecule has 9 unspecified atom stereocenters. The number of rotatable bonds is 4. The predicted octanol–water partition coefficient (Wildman–Crippen LogP) is 14.0. The van der Waals surface area contributed by atoms with Crippen molar-refractivity contribution in [2.75, 3.05) is 4.90 Å². The van der Waals surface area contributed by atoms with Crippen molar-refractivity contribution in [3.8, 4) is 22.3 Å². The lowest BCUT2D eigenvalue weighted by Crippen LogP contribution is -2.62. The molecule has 4 fully saturated rings. The highest BCUT2D eigenvalue weighted by molar-refractivity contribution is 6.10. The molecule has 1 spiro atoms. The summed E-state index contributed by atoms with van der Waals surface area (Å²) in [7, 11) is 0. The van der Waals surface area contributed by atoms with Crippen LogP contribution < -0.4 is 4.90 Å². The van der Waals surface area contributed by atoms with Gasteiger partial charge < -0.3 is 9.32 Å². The monoisotopic (exact) mass is 701 g/mol. The molecular formula is C52H47NO. The SMILES string of the molecule is CC1CC2CC3C1CC1CC(C)C(C3C1)C21c2ccccc2-c2c(-c3ccc(N(c4ccccc4)c4cccc5c4oc4ccccc45)cc3)cccc21. The third-order valence-corrected chi connectivity index (χ3v) is 15.4. The third kappa shape index (κ3) is 4.12. The van der Waals surface area contributed by atoms with E-state index in [0.29, 0.717) is 5.92 Å². The number of para-hydroxylation sites is 3. The molecule has 0 N–H and O–H groups in total. The Morgan fingerprint density at radius 2 is 1.24 bits per heavy atom. The van der Waals surface area contributed by atoms with Crippen LogP contribution in [0.3, 0.4) is 0 Å². The van der Waals surface area contributed by atoms with Gasteiger partial charge in [0.25, 0.3) is 0 Å². The largest absolute Gasteiger partial charge is 0.454 e. The lowest BCUT2D eigenvalue weighted by molar-refractivity contribution is -0.141. The van der Waals surface area contributed by atoms with Crippen LogP contribution in [0.4, 0.5) is 17.1 Å². The van der Waals surface area contributed by atoms with E-state index < -0.39 is 0 Å². The van der Waals surface area contributed by atoms with Crippen LogP contribution in [0.2, 0.25) is 0 Å². The number of hydrogen-bond acceptors (Lipinski definition) is 2. The second kappa shape index (κ2) is 11.5. The molecule has 266 valence electrons. The second-order valence-corrected chi connectivity index (χ2v) is 17.8. The van der Waals surface area contributed by atoms with Crippen molar-refractivity contribution in [1.29, 1.82) is 0 Å². The maximum absolute atomic E-state index is 6.59. The molecule has 4 bridgehead atoms. The fourth-order valence-corrected chi connectivity index (χ4v) is 13.9. The molecule has 1 aromatic heterocycles. The Labute approximate surface area is 318 Å². The molecule has 1 heterocycles. The van der Waals surface area contributed by atoms with Crippen molar-refractivity contribution in [2.45, 2.75) is 51.4 Å². The van der Waals surface area contributed by atoms with Crippen LogP contribution in [0.25, 0.3) is 44.2 Å². The van der Waals surface area contributed by atoms with Gasteiger partial charge in [0.2, 0.25) is 0 Å². The van der Waals surface area contributed by atoms with Crippen LogP contribution in [-0.2, 0) is 5.41 Å². The smallest absolute Gasteiger partial charge is 0.159 e. The van der Waals surface area contributed by atoms with E-state index in [1.54, 1.807) is 11.1 Å². The number of hydrogen-bond donors (Lipinski definition) is 0. The Hall–Kier alpha value is -5.08. The number of anilines is 3. The minimum Gasteiger partial charge on any atom is -0.454 e. The molecule has 0 radical (unpaired) electrons. The predicted molar refractivity (Wildman–Crippen MR) is 222 cm³/mol. The Morgan fingerprint density at radius 3 is 2.13 bits per heavy atom. The summed E-state index contributed by atoms with van der Waals surface area (Å²) in [4.78, 5) is 2.35. The molecule has 0 amide bonds. The van der Waals surface area contributed by atoms with E-state index in [9.17, 15) is 0 Å². The number of fused-ring (bicyclic) bond motifs is 12. The lowest BCUT2D eigenvalue weighted by atomic mass is 9.37. The average molecular weight is 702 g/mol. The molecule has 2 heteroatoms. The summed E-state index contributed by atoms with van der Waals surface area (Å²) >= 11 is 0. The van der Waals surface area contributed by atoms with Crippen LogP contribution in [-0.4, -0.2) is 0 Å². The summed E-state index contributed by atoms with van der Waals surface area (Å²) in [5.41, 5.74) is 14.2. The highest BCUT2D eigenvalue weighted by atomic mass is 16.3. The minimum absolute atomic E-state index is 0.110. The van der Waals surface area contributed by atoms with Crippen LogP contribution in [0.1, 0.15) is 57.1 Å². The maximum atomic E-state index is 6.59. The molecule has 4 saturated carbocycles. The first-order valence-corrected chi connectivity index (χ1v) is 20.7. The summed E-state index contributed by atoms with van der Waals surface area (Å²) in [5, 5.41) is 2.29. The summed E-state index contributed by atoms with van der Waals surface area (Å²) in [6, 6.07) is 52.0. The molecule has 0 aliphatic heterocycles. The zero-order valence-electron chi connectivity index (χ0n) is 31.3. The van der Waals surface area contributed by atoms with Gasteiger partial charge in [0, 0.05) is 27.6 Å². The number of nitrogens with zero attached hydrogens (tertiary/aromatic N) is 1. The summed E-state index contributed by atoms with van der Waals surface area (Å²) in [6.45, 7) is 5.26. The second-order valence-electron chi connectivity index (χ2n) is 17.8. The molecule has 5 aliphatic carbocycles. The average Bonchev–Trinajstić information content (AvgIpc) is 3.74. The quantitative estimate of drug-likeness (QED) is 0.182. The van der Waals surface area contributed by atoms with E-state index in [2.05, 4.69) is 158 Å². The molecule has 7 aromatic rings. The fourth-order valence-electron chi connectivity index (χ4n) is 13.9. The Bertz CT molecular complexity index is 2580. The van der Waals surface area contributed by atoms with E-state index in [1.807, 2.05) is 0 Å². The highest BCUT2D eigenvalue weighted by Gasteiger charge is 2.66. The summed E-state index contributed by atoms with van der Waals surface area (Å²) in [6.07, 6.45) is 7.20. The Balaban J connectivity index is 1.01. The van der Waals surface area contributed by atoms with Gasteiger partial charge in [-0.15, -0.1) is 0 Å². The number of benzene rings is 6. The molecule has 6 aromatic carbocycles. The molecule has 0 saturated heterocycles. The van der Waals surface area contributed by atoms with Crippen LogP contribution in [0, 0.1) is 47.3 Å². The normalized spacial score (nSPS) is 30.1. The van der Waals surface area contributed by atoms with Gasteiger partial charge >= 0.3 is 0 Å². The topological polar surface area (TPSA) is 16.4 Å². The molecule has 54 heavy (non-hydrogen) atoms. The maximum Gasteiger partial charge on any atom is 0.159 e. The molecule has 5 aliphatic rings. The van der Waals surface area contributed by atoms with E-state index >= 15 is 0 Å². The van der Waals surface area contributed by atoms with Crippen molar-refractivity contribution in [2.24, 2.45) is 47.3 Å². The van der Waals surface area contributed by atoms with Gasteiger partial charge in [-0.25, -0.2) is 0 Å².